The molecule has 1 aromatic carbocycles. The van der Waals surface area contributed by atoms with Crippen LogP contribution in [0.3, 0.4) is 0 Å². The molecule has 1 aromatic heterocycles. The number of benzene rings is 1. The number of carbonyl (C=O) groups excluding carboxylic acids is 1. The molecule has 2 N–H and O–H groups in total. The summed E-state index contributed by atoms with van der Waals surface area (Å²) in [5, 5.41) is 2.76. The molecule has 0 spiro atoms. The van der Waals surface area contributed by atoms with Crippen molar-refractivity contribution >= 4 is 5.91 Å². The Balaban J connectivity index is 2.19. The number of nitrogens with zero attached hydrogens (tertiary/aromatic N) is 1. The first-order chi connectivity index (χ1) is 9.63. The van der Waals surface area contributed by atoms with Gasteiger partial charge in [-0.1, -0.05) is 18.7 Å². The van der Waals surface area contributed by atoms with Crippen molar-refractivity contribution in [2.45, 2.75) is 13.0 Å². The van der Waals surface area contributed by atoms with Gasteiger partial charge in [0.1, 0.15) is 11.6 Å². The van der Waals surface area contributed by atoms with Gasteiger partial charge in [0.2, 0.25) is 5.91 Å². The number of ether oxygens (including phenoxy) is 1. The predicted octanol–water partition coefficient (Wildman–Crippen LogP) is 2.45. The largest absolute Gasteiger partial charge is 0.497 e. The minimum absolute atomic E-state index is 0.208. The molecular formula is C15H17N3O2. The van der Waals surface area contributed by atoms with Crippen LogP contribution in [0, 0.1) is 0 Å². The number of imidazole rings is 1. The van der Waals surface area contributed by atoms with Crippen LogP contribution in [-0.2, 0) is 4.79 Å². The number of hydrogen-bond donors (Lipinski definition) is 2. The molecule has 104 valence electrons. The second-order valence-electron chi connectivity index (χ2n) is 4.35. The standard InChI is InChI=1S/C15H17N3O2/c1-4-14(19)17-10(2)15-16-9-13(18-15)11-6-5-7-12(8-11)20-3/h4-10H,1H2,2-3H3,(H,16,18)(H,17,19). The Hall–Kier alpha value is -2.56. The van der Waals surface area contributed by atoms with Gasteiger partial charge in [0.25, 0.3) is 0 Å². The van der Waals surface area contributed by atoms with Crippen molar-refractivity contribution in [3.05, 3.63) is 48.9 Å². The molecule has 1 atom stereocenters. The lowest BCUT2D eigenvalue weighted by atomic mass is 10.1. The van der Waals surface area contributed by atoms with E-state index in [-0.39, 0.29) is 11.9 Å². The number of amides is 1. The van der Waals surface area contributed by atoms with Gasteiger partial charge in [-0.3, -0.25) is 4.79 Å². The molecule has 1 heterocycles. The molecule has 1 unspecified atom stereocenters. The van der Waals surface area contributed by atoms with Gasteiger partial charge in [0.15, 0.2) is 0 Å². The summed E-state index contributed by atoms with van der Waals surface area (Å²) in [6.07, 6.45) is 2.98. The zero-order chi connectivity index (χ0) is 14.5. The highest BCUT2D eigenvalue weighted by Crippen LogP contribution is 2.23. The second-order valence-corrected chi connectivity index (χ2v) is 4.35. The first-order valence-corrected chi connectivity index (χ1v) is 6.26. The summed E-state index contributed by atoms with van der Waals surface area (Å²) in [5.41, 5.74) is 1.85. The first kappa shape index (κ1) is 13.9. The molecule has 0 aliphatic carbocycles. The van der Waals surface area contributed by atoms with E-state index in [1.807, 2.05) is 31.2 Å². The smallest absolute Gasteiger partial charge is 0.243 e. The van der Waals surface area contributed by atoms with Gasteiger partial charge >= 0.3 is 0 Å². The van der Waals surface area contributed by atoms with Crippen LogP contribution in [0.4, 0.5) is 0 Å². The molecule has 0 aliphatic heterocycles. The monoisotopic (exact) mass is 271 g/mol. The number of H-pyrrole nitrogens is 1. The fourth-order valence-corrected chi connectivity index (χ4v) is 1.83. The van der Waals surface area contributed by atoms with Crippen molar-refractivity contribution in [2.24, 2.45) is 0 Å². The number of methoxy groups -OCH3 is 1. The van der Waals surface area contributed by atoms with E-state index in [1.165, 1.54) is 6.08 Å². The molecule has 0 saturated heterocycles. The predicted molar refractivity (Wildman–Crippen MR) is 77.3 cm³/mol. The Kier molecular flexibility index (Phi) is 4.20. The van der Waals surface area contributed by atoms with Crippen molar-refractivity contribution in [3.63, 3.8) is 0 Å². The lowest BCUT2D eigenvalue weighted by molar-refractivity contribution is -0.117. The molecule has 2 aromatic rings. The van der Waals surface area contributed by atoms with Crippen LogP contribution in [-0.4, -0.2) is 23.0 Å². The fourth-order valence-electron chi connectivity index (χ4n) is 1.83. The summed E-state index contributed by atoms with van der Waals surface area (Å²) < 4.78 is 5.20. The van der Waals surface area contributed by atoms with Crippen molar-refractivity contribution in [2.75, 3.05) is 7.11 Å². The number of carbonyl (C=O) groups is 1. The molecule has 0 bridgehead atoms. The molecule has 0 aliphatic rings. The summed E-state index contributed by atoms with van der Waals surface area (Å²) >= 11 is 0. The number of aromatic amines is 1. The molecule has 1 amide bonds. The van der Waals surface area contributed by atoms with Crippen molar-refractivity contribution in [1.29, 1.82) is 0 Å². The van der Waals surface area contributed by atoms with Crippen molar-refractivity contribution in [1.82, 2.24) is 15.3 Å². The second kappa shape index (κ2) is 6.06. The molecule has 0 fully saturated rings. The Morgan fingerprint density at radius 3 is 3.05 bits per heavy atom. The average molecular weight is 271 g/mol. The van der Waals surface area contributed by atoms with Crippen LogP contribution >= 0.6 is 0 Å². The summed E-state index contributed by atoms with van der Waals surface area (Å²) in [7, 11) is 1.63. The van der Waals surface area contributed by atoms with Crippen LogP contribution in [0.15, 0.2) is 43.1 Å². The molecule has 0 saturated carbocycles. The van der Waals surface area contributed by atoms with Crippen LogP contribution in [0.25, 0.3) is 11.3 Å². The molecule has 2 rings (SSSR count). The third-order valence-electron chi connectivity index (χ3n) is 2.93. The van der Waals surface area contributed by atoms with E-state index >= 15 is 0 Å². The van der Waals surface area contributed by atoms with Crippen LogP contribution in [0.1, 0.15) is 18.8 Å². The minimum atomic E-state index is -0.225. The van der Waals surface area contributed by atoms with E-state index in [0.717, 1.165) is 17.0 Å². The zero-order valence-electron chi connectivity index (χ0n) is 11.5. The normalized spacial score (nSPS) is 11.7. The molecular weight excluding hydrogens is 254 g/mol. The third kappa shape index (κ3) is 3.06. The maximum absolute atomic E-state index is 11.3. The van der Waals surface area contributed by atoms with E-state index in [4.69, 9.17) is 4.74 Å². The van der Waals surface area contributed by atoms with E-state index < -0.39 is 0 Å². The number of nitrogens with one attached hydrogen (secondary N) is 2. The van der Waals surface area contributed by atoms with Crippen LogP contribution < -0.4 is 10.1 Å². The van der Waals surface area contributed by atoms with Crippen LogP contribution in [0.2, 0.25) is 0 Å². The van der Waals surface area contributed by atoms with E-state index in [0.29, 0.717) is 5.82 Å². The van der Waals surface area contributed by atoms with E-state index in [2.05, 4.69) is 21.9 Å². The minimum Gasteiger partial charge on any atom is -0.497 e. The molecule has 0 radical (unpaired) electrons. The summed E-state index contributed by atoms with van der Waals surface area (Å²) in [4.78, 5) is 18.8. The van der Waals surface area contributed by atoms with Gasteiger partial charge < -0.3 is 15.0 Å². The molecule has 5 nitrogen and oxygen atoms in total. The number of rotatable bonds is 5. The van der Waals surface area contributed by atoms with Crippen molar-refractivity contribution < 1.29 is 9.53 Å². The van der Waals surface area contributed by atoms with Crippen molar-refractivity contribution in [3.8, 4) is 17.0 Å². The van der Waals surface area contributed by atoms with Gasteiger partial charge in [-0.15, -0.1) is 0 Å². The van der Waals surface area contributed by atoms with Gasteiger partial charge in [0.05, 0.1) is 25.0 Å². The van der Waals surface area contributed by atoms with Gasteiger partial charge in [-0.25, -0.2) is 4.98 Å². The van der Waals surface area contributed by atoms with Gasteiger partial charge in [-0.2, -0.15) is 0 Å². The third-order valence-corrected chi connectivity index (χ3v) is 2.93. The Morgan fingerprint density at radius 1 is 1.55 bits per heavy atom. The SMILES string of the molecule is C=CC(=O)NC(C)c1ncc(-c2cccc(OC)c2)[nH]1. The molecule has 20 heavy (non-hydrogen) atoms. The summed E-state index contributed by atoms with van der Waals surface area (Å²) in [5.74, 6) is 1.25. The van der Waals surface area contributed by atoms with Crippen LogP contribution in [0.5, 0.6) is 5.75 Å². The van der Waals surface area contributed by atoms with Gasteiger partial charge in [-0.05, 0) is 25.1 Å². The Labute approximate surface area is 117 Å². The van der Waals surface area contributed by atoms with Gasteiger partial charge in [0, 0.05) is 5.56 Å². The molecule has 5 heteroatoms. The maximum Gasteiger partial charge on any atom is 0.243 e. The fraction of sp³-hybridized carbons (Fsp3) is 0.200. The number of aromatic nitrogens is 2. The van der Waals surface area contributed by atoms with E-state index in [1.54, 1.807) is 13.3 Å². The highest BCUT2D eigenvalue weighted by atomic mass is 16.5. The lowest BCUT2D eigenvalue weighted by Crippen LogP contribution is -2.25. The topological polar surface area (TPSA) is 67.0 Å². The quantitative estimate of drug-likeness (QED) is 0.821. The van der Waals surface area contributed by atoms with E-state index in [9.17, 15) is 4.79 Å². The highest BCUT2D eigenvalue weighted by Gasteiger charge is 2.12. The Morgan fingerprint density at radius 2 is 2.35 bits per heavy atom. The Bertz CT molecular complexity index is 619. The summed E-state index contributed by atoms with van der Waals surface area (Å²) in [6.45, 7) is 5.28. The summed E-state index contributed by atoms with van der Waals surface area (Å²) in [6, 6.07) is 7.47. The first-order valence-electron chi connectivity index (χ1n) is 6.26. The zero-order valence-corrected chi connectivity index (χ0v) is 11.5. The highest BCUT2D eigenvalue weighted by molar-refractivity contribution is 5.87. The maximum atomic E-state index is 11.3. The average Bonchev–Trinajstić information content (AvgIpc) is 2.97. The lowest BCUT2D eigenvalue weighted by Gasteiger charge is -2.09. The number of hydrogen-bond acceptors (Lipinski definition) is 3.